The zero-order valence-electron chi connectivity index (χ0n) is 12.1. The molecule has 18 heavy (non-hydrogen) atoms. The van der Waals surface area contributed by atoms with E-state index in [0.717, 1.165) is 0 Å². The summed E-state index contributed by atoms with van der Waals surface area (Å²) < 4.78 is 0. The number of nitrogens with zero attached hydrogens (tertiary/aromatic N) is 4. The van der Waals surface area contributed by atoms with E-state index in [1.165, 1.54) is 71.9 Å². The molecule has 104 valence electrons. The molecule has 0 aliphatic carbocycles. The molecule has 4 saturated heterocycles. The molecule has 0 aromatic rings. The maximum absolute atomic E-state index is 2.66. The minimum absolute atomic E-state index is 0.418. The fourth-order valence-electron chi connectivity index (χ4n) is 4.06. The maximum atomic E-state index is 2.66. The molecule has 0 atom stereocenters. The van der Waals surface area contributed by atoms with Gasteiger partial charge in [-0.25, -0.2) is 0 Å². The molecule has 4 heteroatoms. The van der Waals surface area contributed by atoms with E-state index >= 15 is 0 Å². The summed E-state index contributed by atoms with van der Waals surface area (Å²) in [5.41, 5.74) is 0.418. The van der Waals surface area contributed by atoms with Crippen LogP contribution in [-0.2, 0) is 0 Å². The van der Waals surface area contributed by atoms with Crippen molar-refractivity contribution in [2.75, 3.05) is 53.2 Å². The van der Waals surface area contributed by atoms with Gasteiger partial charge < -0.3 is 0 Å². The maximum Gasteiger partial charge on any atom is 0.0591 e. The van der Waals surface area contributed by atoms with Gasteiger partial charge in [-0.1, -0.05) is 26.2 Å². The van der Waals surface area contributed by atoms with Crippen molar-refractivity contribution < 1.29 is 0 Å². The second-order valence-corrected chi connectivity index (χ2v) is 6.62. The van der Waals surface area contributed by atoms with E-state index in [0.29, 0.717) is 5.54 Å². The smallest absolute Gasteiger partial charge is 0.0591 e. The van der Waals surface area contributed by atoms with Crippen LogP contribution in [0.25, 0.3) is 0 Å². The molecule has 0 spiro atoms. The predicted octanol–water partition coefficient (Wildman–Crippen LogP) is 1.06. The lowest BCUT2D eigenvalue weighted by molar-refractivity contribution is -0.179. The first-order valence-corrected chi connectivity index (χ1v) is 7.60. The van der Waals surface area contributed by atoms with Gasteiger partial charge in [0, 0.05) is 19.6 Å². The Kier molecular flexibility index (Phi) is 3.63. The lowest BCUT2D eigenvalue weighted by Gasteiger charge is -2.63. The summed E-state index contributed by atoms with van der Waals surface area (Å²) >= 11 is 0. The van der Waals surface area contributed by atoms with Crippen molar-refractivity contribution >= 4 is 0 Å². The number of hydrogen-bond acceptors (Lipinski definition) is 4. The third-order valence-electron chi connectivity index (χ3n) is 4.91. The lowest BCUT2D eigenvalue weighted by atomic mass is 9.89. The summed E-state index contributed by atoms with van der Waals surface area (Å²) in [6.07, 6.45) is 5.50. The molecule has 0 aromatic carbocycles. The minimum atomic E-state index is 0.418. The predicted molar refractivity (Wildman–Crippen MR) is 74.2 cm³/mol. The van der Waals surface area contributed by atoms with Crippen molar-refractivity contribution in [1.29, 1.82) is 0 Å². The summed E-state index contributed by atoms with van der Waals surface area (Å²) in [7, 11) is 2.35. The Hall–Kier alpha value is -0.160. The van der Waals surface area contributed by atoms with Crippen molar-refractivity contribution in [2.45, 2.75) is 38.1 Å². The molecule has 0 amide bonds. The molecule has 4 fully saturated rings. The zero-order chi connectivity index (χ0) is 12.6. The highest BCUT2D eigenvalue weighted by Crippen LogP contribution is 2.32. The molecule has 0 unspecified atom stereocenters. The molecular weight excluding hydrogens is 224 g/mol. The molecule has 0 radical (unpaired) electrons. The van der Waals surface area contributed by atoms with E-state index in [9.17, 15) is 0 Å². The molecule has 0 N–H and O–H groups in total. The summed E-state index contributed by atoms with van der Waals surface area (Å²) in [5, 5.41) is 0. The highest BCUT2D eigenvalue weighted by Gasteiger charge is 2.50. The van der Waals surface area contributed by atoms with E-state index < -0.39 is 0 Å². The van der Waals surface area contributed by atoms with Crippen LogP contribution < -0.4 is 0 Å². The first-order chi connectivity index (χ1) is 8.72. The Morgan fingerprint density at radius 1 is 0.889 bits per heavy atom. The quantitative estimate of drug-likeness (QED) is 0.655. The Balaban J connectivity index is 1.57. The van der Waals surface area contributed by atoms with Crippen molar-refractivity contribution in [1.82, 2.24) is 19.6 Å². The van der Waals surface area contributed by atoms with Gasteiger partial charge in [-0.15, -0.1) is 0 Å². The Labute approximate surface area is 112 Å². The van der Waals surface area contributed by atoms with Crippen molar-refractivity contribution in [3.63, 3.8) is 0 Å². The molecule has 4 aliphatic heterocycles. The molecule has 4 rings (SSSR count). The molecular formula is C14H28N4. The molecule has 4 nitrogen and oxygen atoms in total. The Morgan fingerprint density at radius 3 is 1.94 bits per heavy atom. The highest BCUT2D eigenvalue weighted by atomic mass is 15.6. The van der Waals surface area contributed by atoms with Gasteiger partial charge in [-0.3, -0.25) is 19.6 Å². The van der Waals surface area contributed by atoms with Crippen LogP contribution in [0.5, 0.6) is 0 Å². The fraction of sp³-hybridized carbons (Fsp3) is 1.00. The van der Waals surface area contributed by atoms with Gasteiger partial charge >= 0.3 is 0 Å². The van der Waals surface area contributed by atoms with Gasteiger partial charge in [0.2, 0.25) is 0 Å². The first-order valence-electron chi connectivity index (χ1n) is 7.60. The van der Waals surface area contributed by atoms with Crippen LogP contribution in [0.3, 0.4) is 0 Å². The number of unbranched alkanes of at least 4 members (excludes halogenated alkanes) is 3. The molecule has 4 aliphatic rings. The standard InChI is InChI=1S/C14H28N4/c1-3-4-5-6-7-15(2)14-8-16-11-17(9-14)13-18(10-14)12-16/h3-13H2,1-2H3. The summed E-state index contributed by atoms with van der Waals surface area (Å²) in [4.78, 5) is 10.5. The van der Waals surface area contributed by atoms with Crippen molar-refractivity contribution in [3.8, 4) is 0 Å². The largest absolute Gasteiger partial charge is 0.297 e. The SMILES string of the molecule is CCCCCCN(C)C12CN3CN(CN(C3)C1)C2. The van der Waals surface area contributed by atoms with Gasteiger partial charge in [0.1, 0.15) is 0 Å². The summed E-state index contributed by atoms with van der Waals surface area (Å²) in [6.45, 7) is 11.0. The Morgan fingerprint density at radius 2 is 1.44 bits per heavy atom. The minimum Gasteiger partial charge on any atom is -0.297 e. The van der Waals surface area contributed by atoms with Gasteiger partial charge in [-0.2, -0.15) is 0 Å². The van der Waals surface area contributed by atoms with E-state index in [1.54, 1.807) is 0 Å². The average molecular weight is 252 g/mol. The van der Waals surface area contributed by atoms with Crippen LogP contribution in [-0.4, -0.2) is 78.4 Å². The average Bonchev–Trinajstić information content (AvgIpc) is 2.32. The van der Waals surface area contributed by atoms with Crippen LogP contribution >= 0.6 is 0 Å². The summed E-state index contributed by atoms with van der Waals surface area (Å²) in [5.74, 6) is 0. The molecule has 0 saturated carbocycles. The number of rotatable bonds is 6. The highest BCUT2D eigenvalue weighted by molar-refractivity contribution is 5.05. The second kappa shape index (κ2) is 5.08. The Bertz CT molecular complexity index is 256. The normalized spacial score (nSPS) is 41.8. The topological polar surface area (TPSA) is 13.0 Å². The molecule has 4 bridgehead atoms. The second-order valence-electron chi connectivity index (χ2n) is 6.62. The van der Waals surface area contributed by atoms with Gasteiger partial charge in [0.25, 0.3) is 0 Å². The van der Waals surface area contributed by atoms with Gasteiger partial charge in [0.15, 0.2) is 0 Å². The molecule has 0 aromatic heterocycles. The molecule has 4 heterocycles. The van der Waals surface area contributed by atoms with Crippen LogP contribution in [0.4, 0.5) is 0 Å². The zero-order valence-corrected chi connectivity index (χ0v) is 12.1. The van der Waals surface area contributed by atoms with Crippen LogP contribution in [0.1, 0.15) is 32.6 Å². The monoisotopic (exact) mass is 252 g/mol. The third kappa shape index (κ3) is 2.31. The van der Waals surface area contributed by atoms with E-state index in [1.807, 2.05) is 0 Å². The summed E-state index contributed by atoms with van der Waals surface area (Å²) in [6, 6.07) is 0. The number of hydrogen-bond donors (Lipinski definition) is 0. The fourth-order valence-corrected chi connectivity index (χ4v) is 4.06. The lowest BCUT2D eigenvalue weighted by Crippen LogP contribution is -2.79. The van der Waals surface area contributed by atoms with Crippen LogP contribution in [0, 0.1) is 0 Å². The van der Waals surface area contributed by atoms with Crippen LogP contribution in [0.15, 0.2) is 0 Å². The van der Waals surface area contributed by atoms with E-state index in [4.69, 9.17) is 0 Å². The third-order valence-corrected chi connectivity index (χ3v) is 4.91. The van der Waals surface area contributed by atoms with Crippen LogP contribution in [0.2, 0.25) is 0 Å². The van der Waals surface area contributed by atoms with E-state index in [2.05, 4.69) is 33.6 Å². The van der Waals surface area contributed by atoms with Gasteiger partial charge in [0.05, 0.1) is 25.5 Å². The van der Waals surface area contributed by atoms with Gasteiger partial charge in [-0.05, 0) is 20.0 Å². The number of likely N-dealkylation sites (N-methyl/N-ethyl adjacent to an activating group) is 1. The van der Waals surface area contributed by atoms with E-state index in [-0.39, 0.29) is 0 Å². The first kappa shape index (κ1) is 12.9. The van der Waals surface area contributed by atoms with Crippen molar-refractivity contribution in [2.24, 2.45) is 0 Å². The van der Waals surface area contributed by atoms with Crippen molar-refractivity contribution in [3.05, 3.63) is 0 Å².